The molecule has 1 aromatic heterocycles. The van der Waals surface area contributed by atoms with Crippen LogP contribution in [0.2, 0.25) is 0 Å². The third-order valence-electron chi connectivity index (χ3n) is 6.77. The van der Waals surface area contributed by atoms with E-state index in [1.165, 1.54) is 18.2 Å². The normalized spacial score (nSPS) is 17.8. The first-order valence-corrected chi connectivity index (χ1v) is 12.1. The van der Waals surface area contributed by atoms with Crippen molar-refractivity contribution in [3.63, 3.8) is 0 Å². The molecule has 1 aliphatic rings. The molecule has 2 amide bonds. The van der Waals surface area contributed by atoms with Crippen LogP contribution in [0.5, 0.6) is 5.75 Å². The zero-order valence-electron chi connectivity index (χ0n) is 20.5. The number of likely N-dealkylation sites (tertiary alicyclic amines) is 1. The second-order valence-electron chi connectivity index (χ2n) is 9.24. The van der Waals surface area contributed by atoms with Crippen LogP contribution in [0, 0.1) is 0 Å². The summed E-state index contributed by atoms with van der Waals surface area (Å²) in [5.74, 6) is -1.65. The molecule has 3 aromatic carbocycles. The van der Waals surface area contributed by atoms with Crippen molar-refractivity contribution in [1.29, 1.82) is 0 Å². The molecule has 1 fully saturated rings. The Morgan fingerprint density at radius 1 is 1.03 bits per heavy atom. The number of aryl methyl sites for hydroxylation is 1. The van der Waals surface area contributed by atoms with E-state index in [1.807, 2.05) is 48.0 Å². The maximum atomic E-state index is 13.4. The van der Waals surface area contributed by atoms with E-state index < -0.39 is 24.1 Å². The highest BCUT2D eigenvalue weighted by atomic mass is 19.4. The number of alkyl halides is 3. The van der Waals surface area contributed by atoms with E-state index in [1.54, 1.807) is 23.4 Å². The van der Waals surface area contributed by atoms with Crippen molar-refractivity contribution < 1.29 is 27.5 Å². The van der Waals surface area contributed by atoms with Gasteiger partial charge in [-0.3, -0.25) is 9.59 Å². The maximum Gasteiger partial charge on any atom is 0.573 e. The summed E-state index contributed by atoms with van der Waals surface area (Å²) in [4.78, 5) is 32.6. The molecule has 0 saturated carbocycles. The molecule has 1 aliphatic heterocycles. The van der Waals surface area contributed by atoms with Crippen molar-refractivity contribution in [1.82, 2.24) is 19.8 Å². The Hall–Kier alpha value is -4.34. The highest BCUT2D eigenvalue weighted by Gasteiger charge is 2.36. The lowest BCUT2D eigenvalue weighted by molar-refractivity contribution is -0.274. The third kappa shape index (κ3) is 5.34. The highest BCUT2D eigenvalue weighted by molar-refractivity contribution is 5.98. The predicted molar refractivity (Wildman–Crippen MR) is 135 cm³/mol. The lowest BCUT2D eigenvalue weighted by atomic mass is 9.85. The Kier molecular flexibility index (Phi) is 6.79. The molecule has 1 N–H and O–H groups in total. The molecule has 10 heteroatoms. The van der Waals surface area contributed by atoms with Crippen LogP contribution in [0.15, 0.2) is 79.1 Å². The summed E-state index contributed by atoms with van der Waals surface area (Å²) in [6.07, 6.45) is -2.81. The summed E-state index contributed by atoms with van der Waals surface area (Å²) < 4.78 is 44.6. The van der Waals surface area contributed by atoms with Crippen molar-refractivity contribution >= 4 is 22.8 Å². The Bertz CT molecular complexity index is 1470. The molecule has 0 bridgehead atoms. The number of piperidine rings is 1. The summed E-state index contributed by atoms with van der Waals surface area (Å²) in [7, 11) is 1.88. The van der Waals surface area contributed by atoms with Gasteiger partial charge < -0.3 is 19.5 Å². The van der Waals surface area contributed by atoms with Crippen molar-refractivity contribution in [3.8, 4) is 5.75 Å². The fourth-order valence-corrected chi connectivity index (χ4v) is 4.91. The monoisotopic (exact) mass is 522 g/mol. The molecule has 1 saturated heterocycles. The van der Waals surface area contributed by atoms with Gasteiger partial charge in [-0.05, 0) is 42.3 Å². The van der Waals surface area contributed by atoms with Crippen molar-refractivity contribution in [2.75, 3.05) is 13.1 Å². The van der Waals surface area contributed by atoms with E-state index in [0.29, 0.717) is 25.1 Å². The third-order valence-corrected chi connectivity index (χ3v) is 6.77. The van der Waals surface area contributed by atoms with Gasteiger partial charge in [-0.25, -0.2) is 4.98 Å². The van der Waals surface area contributed by atoms with E-state index in [0.717, 1.165) is 22.7 Å². The molecule has 38 heavy (non-hydrogen) atoms. The number of amides is 2. The molecular weight excluding hydrogens is 497 g/mol. The summed E-state index contributed by atoms with van der Waals surface area (Å²) in [6.45, 7) is 0.697. The number of fused-ring (bicyclic) bond motifs is 1. The van der Waals surface area contributed by atoms with E-state index in [2.05, 4.69) is 15.0 Å². The number of nitrogens with one attached hydrogen (secondary N) is 1. The average molecular weight is 523 g/mol. The van der Waals surface area contributed by atoms with Gasteiger partial charge in [0.05, 0.1) is 22.9 Å². The van der Waals surface area contributed by atoms with Crippen LogP contribution >= 0.6 is 0 Å². The van der Waals surface area contributed by atoms with Crippen LogP contribution < -0.4 is 10.1 Å². The Morgan fingerprint density at radius 2 is 1.76 bits per heavy atom. The first-order valence-electron chi connectivity index (χ1n) is 12.1. The Morgan fingerprint density at radius 3 is 2.53 bits per heavy atom. The van der Waals surface area contributed by atoms with Gasteiger partial charge >= 0.3 is 6.36 Å². The lowest BCUT2D eigenvalue weighted by Crippen LogP contribution is -2.51. The quantitative estimate of drug-likeness (QED) is 0.405. The molecule has 2 atom stereocenters. The number of nitrogens with zero attached hydrogens (tertiary/aromatic N) is 3. The van der Waals surface area contributed by atoms with Crippen LogP contribution in [-0.4, -0.2) is 51.8 Å². The number of carbonyl (C=O) groups excluding carboxylic acids is 2. The standard InChI is InChI=1S/C28H25F3N4O3/c1-34-17-32-23-15-19(11-12-24(23)34)27(37)35-14-13-22(21(16-35)18-7-3-2-4-8-18)33-26(36)20-9-5-6-10-25(20)38-28(29,30)31/h2-12,15,17,21-22H,13-14,16H2,1H3,(H,33,36)/t21-,22-/m1/s1. The minimum Gasteiger partial charge on any atom is -0.405 e. The number of rotatable bonds is 5. The van der Waals surface area contributed by atoms with Crippen LogP contribution in [0.25, 0.3) is 11.0 Å². The summed E-state index contributed by atoms with van der Waals surface area (Å²) >= 11 is 0. The molecule has 2 heterocycles. The van der Waals surface area contributed by atoms with E-state index in [4.69, 9.17) is 0 Å². The molecule has 0 spiro atoms. The van der Waals surface area contributed by atoms with Crippen molar-refractivity contribution in [3.05, 3.63) is 95.8 Å². The topological polar surface area (TPSA) is 76.5 Å². The Balaban J connectivity index is 1.38. The number of benzene rings is 3. The van der Waals surface area contributed by atoms with Gasteiger partial charge in [-0.2, -0.15) is 0 Å². The molecule has 196 valence electrons. The zero-order chi connectivity index (χ0) is 26.9. The van der Waals surface area contributed by atoms with Crippen molar-refractivity contribution in [2.24, 2.45) is 7.05 Å². The average Bonchev–Trinajstić information content (AvgIpc) is 3.28. The first-order chi connectivity index (χ1) is 18.2. The zero-order valence-corrected chi connectivity index (χ0v) is 20.5. The highest BCUT2D eigenvalue weighted by Crippen LogP contribution is 2.31. The van der Waals surface area contributed by atoms with Gasteiger partial charge in [-0.15, -0.1) is 13.2 Å². The smallest absolute Gasteiger partial charge is 0.405 e. The number of hydrogen-bond donors (Lipinski definition) is 1. The summed E-state index contributed by atoms with van der Waals surface area (Å²) in [6, 6.07) is 19.7. The van der Waals surface area contributed by atoms with E-state index in [9.17, 15) is 22.8 Å². The van der Waals surface area contributed by atoms with Gasteiger partial charge in [-0.1, -0.05) is 42.5 Å². The number of aromatic nitrogens is 2. The number of para-hydroxylation sites is 1. The molecule has 0 aliphatic carbocycles. The minimum absolute atomic E-state index is 0.146. The maximum absolute atomic E-state index is 13.4. The SMILES string of the molecule is Cn1cnc2cc(C(=O)N3CC[C@@H](NC(=O)c4ccccc4OC(F)(F)F)[C@@H](c4ccccc4)C3)ccc21. The van der Waals surface area contributed by atoms with Gasteiger partial charge in [0.15, 0.2) is 0 Å². The van der Waals surface area contributed by atoms with E-state index >= 15 is 0 Å². The van der Waals surface area contributed by atoms with Gasteiger partial charge in [0.2, 0.25) is 0 Å². The molecule has 7 nitrogen and oxygen atoms in total. The number of imidazole rings is 1. The second kappa shape index (κ2) is 10.2. The predicted octanol–water partition coefficient (Wildman–Crippen LogP) is 4.90. The molecule has 5 rings (SSSR count). The largest absolute Gasteiger partial charge is 0.573 e. The summed E-state index contributed by atoms with van der Waals surface area (Å²) in [5.41, 5.74) is 2.86. The minimum atomic E-state index is -4.92. The number of ether oxygens (including phenoxy) is 1. The van der Waals surface area contributed by atoms with Crippen LogP contribution in [-0.2, 0) is 7.05 Å². The van der Waals surface area contributed by atoms with Crippen LogP contribution in [0.4, 0.5) is 13.2 Å². The lowest BCUT2D eigenvalue weighted by Gasteiger charge is -2.39. The fourth-order valence-electron chi connectivity index (χ4n) is 4.91. The van der Waals surface area contributed by atoms with Crippen molar-refractivity contribution in [2.45, 2.75) is 24.7 Å². The van der Waals surface area contributed by atoms with E-state index in [-0.39, 0.29) is 17.4 Å². The van der Waals surface area contributed by atoms with Gasteiger partial charge in [0.25, 0.3) is 11.8 Å². The number of halogens is 3. The van der Waals surface area contributed by atoms with Gasteiger partial charge in [0.1, 0.15) is 5.75 Å². The number of carbonyl (C=O) groups is 2. The van der Waals surface area contributed by atoms with Crippen LogP contribution in [0.3, 0.4) is 0 Å². The number of hydrogen-bond acceptors (Lipinski definition) is 4. The first kappa shape index (κ1) is 25.3. The van der Waals surface area contributed by atoms with Gasteiger partial charge in [0, 0.05) is 37.7 Å². The molecule has 0 unspecified atom stereocenters. The Labute approximate surface area is 216 Å². The molecule has 4 aromatic rings. The molecular formula is C28H25F3N4O3. The summed E-state index contributed by atoms with van der Waals surface area (Å²) in [5, 5.41) is 2.90. The fraction of sp³-hybridized carbons (Fsp3) is 0.250. The van der Waals surface area contributed by atoms with Crippen LogP contribution in [0.1, 0.15) is 38.6 Å². The molecule has 0 radical (unpaired) electrons. The second-order valence-corrected chi connectivity index (χ2v) is 9.24.